The Morgan fingerprint density at radius 3 is 2.44 bits per heavy atom. The van der Waals surface area contributed by atoms with Crippen molar-refractivity contribution in [2.75, 3.05) is 7.11 Å². The molecule has 25 heavy (non-hydrogen) atoms. The second kappa shape index (κ2) is 8.92. The molecular weight excluding hydrogens is 316 g/mol. The first-order valence-corrected chi connectivity index (χ1v) is 8.20. The quantitative estimate of drug-likeness (QED) is 0.701. The highest BCUT2D eigenvalue weighted by molar-refractivity contribution is 5.68. The van der Waals surface area contributed by atoms with E-state index in [9.17, 15) is 4.79 Å². The highest BCUT2D eigenvalue weighted by atomic mass is 16.5. The molecule has 0 saturated carbocycles. The lowest BCUT2D eigenvalue weighted by molar-refractivity contribution is -0.137. The van der Waals surface area contributed by atoms with Crippen LogP contribution in [0.2, 0.25) is 0 Å². The van der Waals surface area contributed by atoms with Crippen molar-refractivity contribution >= 4 is 5.97 Å². The van der Waals surface area contributed by atoms with Crippen molar-refractivity contribution in [1.82, 2.24) is 0 Å². The van der Waals surface area contributed by atoms with Crippen LogP contribution in [-0.4, -0.2) is 18.2 Å². The molecule has 1 atom stereocenters. The lowest BCUT2D eigenvalue weighted by Gasteiger charge is -2.13. The topological polar surface area (TPSA) is 55.8 Å². The van der Waals surface area contributed by atoms with E-state index in [2.05, 4.69) is 0 Å². The van der Waals surface area contributed by atoms with Gasteiger partial charge in [-0.2, -0.15) is 0 Å². The molecule has 0 amide bonds. The molecule has 132 valence electrons. The van der Waals surface area contributed by atoms with E-state index in [0.717, 1.165) is 28.2 Å². The minimum Gasteiger partial charge on any atom is -0.497 e. The van der Waals surface area contributed by atoms with Gasteiger partial charge in [0.05, 0.1) is 13.5 Å². The van der Waals surface area contributed by atoms with Gasteiger partial charge < -0.3 is 14.6 Å². The third kappa shape index (κ3) is 5.99. The maximum atomic E-state index is 11.1. The average Bonchev–Trinajstić information content (AvgIpc) is 2.59. The second-order valence-electron chi connectivity index (χ2n) is 6.16. The molecule has 4 nitrogen and oxygen atoms in total. The number of carboxylic acid groups (broad SMARTS) is 1. The molecule has 0 heterocycles. The number of hydrogen-bond acceptors (Lipinski definition) is 3. The molecule has 0 fully saturated rings. The van der Waals surface area contributed by atoms with Crippen molar-refractivity contribution in [1.29, 1.82) is 0 Å². The Morgan fingerprint density at radius 2 is 1.84 bits per heavy atom. The largest absolute Gasteiger partial charge is 0.497 e. The van der Waals surface area contributed by atoms with Crippen LogP contribution < -0.4 is 9.47 Å². The van der Waals surface area contributed by atoms with Crippen molar-refractivity contribution in [2.45, 2.75) is 32.8 Å². The van der Waals surface area contributed by atoms with E-state index in [1.165, 1.54) is 0 Å². The monoisotopic (exact) mass is 340 g/mol. The molecule has 0 aliphatic carbocycles. The zero-order valence-electron chi connectivity index (χ0n) is 14.9. The van der Waals surface area contributed by atoms with Crippen LogP contribution in [0.4, 0.5) is 0 Å². The van der Waals surface area contributed by atoms with Crippen LogP contribution in [0.15, 0.2) is 60.2 Å². The lowest BCUT2D eigenvalue weighted by atomic mass is 9.94. The summed E-state index contributed by atoms with van der Waals surface area (Å²) in [6, 6.07) is 15.3. The number of allylic oxidation sites excluding steroid dienone is 2. The minimum absolute atomic E-state index is 0.0786. The van der Waals surface area contributed by atoms with E-state index in [1.54, 1.807) is 7.11 Å². The fourth-order valence-electron chi connectivity index (χ4n) is 2.60. The fraction of sp³-hybridized carbons (Fsp3) is 0.286. The predicted octanol–water partition coefficient (Wildman–Crippen LogP) is 4.80. The molecule has 0 aliphatic heterocycles. The molecule has 1 N–H and O–H groups in total. The first kappa shape index (κ1) is 18.6. The number of hydrogen-bond donors (Lipinski definition) is 1. The number of methoxy groups -OCH3 is 1. The molecule has 0 bridgehead atoms. The number of carbonyl (C=O) groups is 1. The molecule has 0 saturated heterocycles. The molecule has 2 aromatic carbocycles. The summed E-state index contributed by atoms with van der Waals surface area (Å²) in [5.41, 5.74) is 3.10. The molecule has 0 aliphatic rings. The summed E-state index contributed by atoms with van der Waals surface area (Å²) in [4.78, 5) is 11.1. The van der Waals surface area contributed by atoms with E-state index in [-0.39, 0.29) is 12.3 Å². The Morgan fingerprint density at radius 1 is 1.12 bits per heavy atom. The van der Waals surface area contributed by atoms with Gasteiger partial charge in [0.2, 0.25) is 0 Å². The van der Waals surface area contributed by atoms with Crippen LogP contribution in [0.5, 0.6) is 11.5 Å². The van der Waals surface area contributed by atoms with E-state index in [4.69, 9.17) is 14.6 Å². The Kier molecular flexibility index (Phi) is 6.63. The van der Waals surface area contributed by atoms with Crippen molar-refractivity contribution < 1.29 is 19.4 Å². The fourth-order valence-corrected chi connectivity index (χ4v) is 2.60. The summed E-state index contributed by atoms with van der Waals surface area (Å²) < 4.78 is 11.0. The smallest absolute Gasteiger partial charge is 0.304 e. The number of carboxylic acids is 1. The van der Waals surface area contributed by atoms with Gasteiger partial charge in [0, 0.05) is 5.92 Å². The Bertz CT molecular complexity index is 728. The molecule has 0 aromatic heterocycles. The van der Waals surface area contributed by atoms with Crippen molar-refractivity contribution in [3.8, 4) is 11.5 Å². The standard InChI is InChI=1S/C21H24O4/c1-15(2)11-18(13-21(22)23)17-7-9-19(10-8-17)25-14-16-5-4-6-20(12-16)24-3/h4-12,18H,13-14H2,1-3H3,(H,22,23). The van der Waals surface area contributed by atoms with Crippen molar-refractivity contribution in [2.24, 2.45) is 0 Å². The summed E-state index contributed by atoms with van der Waals surface area (Å²) in [7, 11) is 1.64. The van der Waals surface area contributed by atoms with Gasteiger partial charge in [0.15, 0.2) is 0 Å². The lowest BCUT2D eigenvalue weighted by Crippen LogP contribution is -2.05. The van der Waals surface area contributed by atoms with E-state index in [0.29, 0.717) is 6.61 Å². The average molecular weight is 340 g/mol. The van der Waals surface area contributed by atoms with Gasteiger partial charge in [-0.05, 0) is 49.2 Å². The summed E-state index contributed by atoms with van der Waals surface area (Å²) >= 11 is 0. The summed E-state index contributed by atoms with van der Waals surface area (Å²) in [5.74, 6) is 0.614. The van der Waals surface area contributed by atoms with Crippen molar-refractivity contribution in [3.63, 3.8) is 0 Å². The Balaban J connectivity index is 2.05. The molecule has 4 heteroatoms. The molecule has 2 aromatic rings. The van der Waals surface area contributed by atoms with Gasteiger partial charge >= 0.3 is 5.97 Å². The molecular formula is C21H24O4. The maximum Gasteiger partial charge on any atom is 0.304 e. The van der Waals surface area contributed by atoms with E-state index < -0.39 is 5.97 Å². The van der Waals surface area contributed by atoms with Gasteiger partial charge in [0.25, 0.3) is 0 Å². The maximum absolute atomic E-state index is 11.1. The van der Waals surface area contributed by atoms with E-state index in [1.807, 2.05) is 68.5 Å². The molecule has 1 unspecified atom stereocenters. The van der Waals surface area contributed by atoms with Gasteiger partial charge in [-0.15, -0.1) is 0 Å². The first-order valence-electron chi connectivity index (χ1n) is 8.20. The third-order valence-corrected chi connectivity index (χ3v) is 3.78. The third-order valence-electron chi connectivity index (χ3n) is 3.78. The summed E-state index contributed by atoms with van der Waals surface area (Å²) in [5, 5.41) is 9.10. The van der Waals surface area contributed by atoms with Crippen LogP contribution in [0.1, 0.15) is 37.3 Å². The zero-order chi connectivity index (χ0) is 18.2. The molecule has 2 rings (SSSR count). The second-order valence-corrected chi connectivity index (χ2v) is 6.16. The molecule has 0 spiro atoms. The van der Waals surface area contributed by atoms with Crippen LogP contribution in [0.25, 0.3) is 0 Å². The number of ether oxygens (including phenoxy) is 2. The number of rotatable bonds is 8. The summed E-state index contributed by atoms with van der Waals surface area (Å²) in [6.45, 7) is 4.39. The Hall–Kier alpha value is -2.75. The van der Waals surface area contributed by atoms with Gasteiger partial charge in [-0.25, -0.2) is 0 Å². The van der Waals surface area contributed by atoms with Gasteiger partial charge in [-0.3, -0.25) is 4.79 Å². The van der Waals surface area contributed by atoms with Gasteiger partial charge in [0.1, 0.15) is 18.1 Å². The van der Waals surface area contributed by atoms with Crippen LogP contribution in [0.3, 0.4) is 0 Å². The normalized spacial score (nSPS) is 11.5. The predicted molar refractivity (Wildman–Crippen MR) is 98.2 cm³/mol. The number of benzene rings is 2. The SMILES string of the molecule is COc1cccc(COc2ccc(C(C=C(C)C)CC(=O)O)cc2)c1. The minimum atomic E-state index is -0.805. The van der Waals surface area contributed by atoms with Crippen LogP contribution in [0, 0.1) is 0 Å². The highest BCUT2D eigenvalue weighted by Crippen LogP contribution is 2.25. The molecule has 0 radical (unpaired) electrons. The summed E-state index contributed by atoms with van der Waals surface area (Å²) in [6.07, 6.45) is 2.06. The van der Waals surface area contributed by atoms with E-state index >= 15 is 0 Å². The number of aliphatic carboxylic acids is 1. The van der Waals surface area contributed by atoms with Crippen molar-refractivity contribution in [3.05, 3.63) is 71.3 Å². The first-order chi connectivity index (χ1) is 12.0. The van der Waals surface area contributed by atoms with Crippen LogP contribution >= 0.6 is 0 Å². The Labute approximate surface area is 148 Å². The van der Waals surface area contributed by atoms with Gasteiger partial charge in [-0.1, -0.05) is 35.9 Å². The highest BCUT2D eigenvalue weighted by Gasteiger charge is 2.13. The zero-order valence-corrected chi connectivity index (χ0v) is 14.9. The van der Waals surface area contributed by atoms with Crippen LogP contribution in [-0.2, 0) is 11.4 Å².